The number of anilines is 1. The molecule has 2 aromatic carbocycles. The average Bonchev–Trinajstić information content (AvgIpc) is 3.05. The van der Waals surface area contributed by atoms with Crippen molar-refractivity contribution in [3.63, 3.8) is 0 Å². The lowest BCUT2D eigenvalue weighted by atomic mass is 10.0. The molecule has 0 atom stereocenters. The van der Waals surface area contributed by atoms with E-state index in [0.717, 1.165) is 16.8 Å². The van der Waals surface area contributed by atoms with E-state index >= 15 is 0 Å². The Morgan fingerprint density at radius 2 is 1.73 bits per heavy atom. The molecule has 1 heterocycles. The van der Waals surface area contributed by atoms with Gasteiger partial charge in [-0.2, -0.15) is 0 Å². The highest BCUT2D eigenvalue weighted by Gasteiger charge is 2.12. The first-order valence-corrected chi connectivity index (χ1v) is 8.65. The van der Waals surface area contributed by atoms with Gasteiger partial charge in [0.2, 0.25) is 5.91 Å². The van der Waals surface area contributed by atoms with Crippen molar-refractivity contribution in [2.75, 3.05) is 5.32 Å². The Kier molecular flexibility index (Phi) is 5.21. The van der Waals surface area contributed by atoms with Gasteiger partial charge in [0, 0.05) is 18.5 Å². The van der Waals surface area contributed by atoms with Crippen LogP contribution in [0.25, 0.3) is 11.3 Å². The molecule has 0 spiro atoms. The number of hydrogen-bond acceptors (Lipinski definition) is 2. The number of furan rings is 1. The van der Waals surface area contributed by atoms with Gasteiger partial charge in [0.15, 0.2) is 0 Å². The van der Waals surface area contributed by atoms with Crippen molar-refractivity contribution >= 4 is 11.6 Å². The molecule has 3 aromatic rings. The van der Waals surface area contributed by atoms with Gasteiger partial charge < -0.3 is 9.73 Å². The van der Waals surface area contributed by atoms with E-state index in [1.165, 1.54) is 11.6 Å². The van der Waals surface area contributed by atoms with Crippen molar-refractivity contribution in [1.29, 1.82) is 0 Å². The molecule has 1 N–H and O–H groups in total. The van der Waals surface area contributed by atoms with Gasteiger partial charge in [-0.1, -0.05) is 29.8 Å². The van der Waals surface area contributed by atoms with Crippen molar-refractivity contribution in [2.45, 2.75) is 33.6 Å². The average molecular weight is 351 g/mol. The zero-order chi connectivity index (χ0) is 18.7. The van der Waals surface area contributed by atoms with Crippen LogP contribution in [0.3, 0.4) is 0 Å². The van der Waals surface area contributed by atoms with E-state index in [1.54, 1.807) is 30.3 Å². The summed E-state index contributed by atoms with van der Waals surface area (Å²) < 4.78 is 19.5. The van der Waals surface area contributed by atoms with Crippen molar-refractivity contribution in [2.24, 2.45) is 0 Å². The van der Waals surface area contributed by atoms with Gasteiger partial charge in [0.1, 0.15) is 17.3 Å². The summed E-state index contributed by atoms with van der Waals surface area (Å²) >= 11 is 0. The van der Waals surface area contributed by atoms with Gasteiger partial charge in [-0.3, -0.25) is 4.79 Å². The monoisotopic (exact) mass is 351 g/mol. The molecule has 0 saturated heterocycles. The van der Waals surface area contributed by atoms with Crippen LogP contribution in [0.4, 0.5) is 10.1 Å². The summed E-state index contributed by atoms with van der Waals surface area (Å²) in [5.41, 5.74) is 4.57. The zero-order valence-electron chi connectivity index (χ0n) is 15.2. The molecule has 0 saturated carbocycles. The number of nitrogens with one attached hydrogen (secondary N) is 1. The summed E-state index contributed by atoms with van der Waals surface area (Å²) in [6.07, 6.45) is 0.765. The molecule has 0 aliphatic heterocycles. The van der Waals surface area contributed by atoms with E-state index in [0.29, 0.717) is 29.9 Å². The first-order valence-electron chi connectivity index (χ1n) is 8.65. The third-order valence-corrected chi connectivity index (χ3v) is 4.34. The zero-order valence-corrected chi connectivity index (χ0v) is 15.2. The van der Waals surface area contributed by atoms with Crippen LogP contribution in [-0.4, -0.2) is 5.91 Å². The van der Waals surface area contributed by atoms with E-state index in [9.17, 15) is 9.18 Å². The number of hydrogen-bond donors (Lipinski definition) is 1. The molecule has 3 rings (SSSR count). The summed E-state index contributed by atoms with van der Waals surface area (Å²) in [6.45, 7) is 6.02. The Morgan fingerprint density at radius 1 is 1.04 bits per heavy atom. The summed E-state index contributed by atoms with van der Waals surface area (Å²) in [4.78, 5) is 12.3. The van der Waals surface area contributed by atoms with E-state index in [4.69, 9.17) is 4.42 Å². The highest BCUT2D eigenvalue weighted by Crippen LogP contribution is 2.26. The highest BCUT2D eigenvalue weighted by molar-refractivity contribution is 5.92. The van der Waals surface area contributed by atoms with Crippen LogP contribution < -0.4 is 5.32 Å². The normalized spacial score (nSPS) is 10.8. The summed E-state index contributed by atoms with van der Waals surface area (Å²) in [7, 11) is 0. The Labute approximate surface area is 152 Å². The van der Waals surface area contributed by atoms with Crippen LogP contribution >= 0.6 is 0 Å². The van der Waals surface area contributed by atoms with Crippen molar-refractivity contribution in [3.8, 4) is 11.3 Å². The maximum atomic E-state index is 13.8. The molecule has 1 amide bonds. The second-order valence-electron chi connectivity index (χ2n) is 6.57. The number of halogens is 1. The van der Waals surface area contributed by atoms with E-state index in [2.05, 4.69) is 17.4 Å². The number of benzene rings is 2. The molecule has 4 heteroatoms. The predicted octanol–water partition coefficient (Wildman–Crippen LogP) is 5.58. The van der Waals surface area contributed by atoms with Crippen LogP contribution in [0.1, 0.15) is 28.9 Å². The Balaban J connectivity index is 1.63. The molecule has 0 unspecified atom stereocenters. The first kappa shape index (κ1) is 17.9. The van der Waals surface area contributed by atoms with Gasteiger partial charge in [-0.25, -0.2) is 4.39 Å². The first-order chi connectivity index (χ1) is 12.4. The lowest BCUT2D eigenvalue weighted by Crippen LogP contribution is -2.14. The van der Waals surface area contributed by atoms with Gasteiger partial charge in [0.05, 0.1) is 5.56 Å². The topological polar surface area (TPSA) is 42.2 Å². The minimum atomic E-state index is -0.323. The maximum Gasteiger partial charge on any atom is 0.224 e. The van der Waals surface area contributed by atoms with Gasteiger partial charge in [-0.15, -0.1) is 0 Å². The fourth-order valence-corrected chi connectivity index (χ4v) is 3.13. The van der Waals surface area contributed by atoms with Crippen LogP contribution in [0.15, 0.2) is 52.9 Å². The van der Waals surface area contributed by atoms with E-state index < -0.39 is 0 Å². The molecular weight excluding hydrogens is 329 g/mol. The van der Waals surface area contributed by atoms with Crippen LogP contribution in [0.5, 0.6) is 0 Å². The maximum absolute atomic E-state index is 13.8. The third kappa shape index (κ3) is 4.02. The Bertz CT molecular complexity index is 920. The minimum Gasteiger partial charge on any atom is -0.461 e. The van der Waals surface area contributed by atoms with Crippen molar-refractivity contribution in [1.82, 2.24) is 0 Å². The molecule has 26 heavy (non-hydrogen) atoms. The molecule has 0 bridgehead atoms. The lowest BCUT2D eigenvalue weighted by molar-refractivity contribution is -0.116. The van der Waals surface area contributed by atoms with Gasteiger partial charge in [-0.05, 0) is 56.2 Å². The predicted molar refractivity (Wildman–Crippen MR) is 102 cm³/mol. The van der Waals surface area contributed by atoms with Crippen LogP contribution in [-0.2, 0) is 11.2 Å². The van der Waals surface area contributed by atoms with E-state index in [1.807, 2.05) is 20.8 Å². The molecule has 3 nitrogen and oxygen atoms in total. The van der Waals surface area contributed by atoms with Gasteiger partial charge >= 0.3 is 0 Å². The number of rotatable bonds is 5. The SMILES string of the molecule is Cc1cc(C)c(NC(=O)CCc2ccc(-c3ccccc3F)o2)c(C)c1. The van der Waals surface area contributed by atoms with Crippen LogP contribution in [0.2, 0.25) is 0 Å². The second-order valence-corrected chi connectivity index (χ2v) is 6.57. The van der Waals surface area contributed by atoms with Gasteiger partial charge in [0.25, 0.3) is 0 Å². The fourth-order valence-electron chi connectivity index (χ4n) is 3.13. The minimum absolute atomic E-state index is 0.0658. The lowest BCUT2D eigenvalue weighted by Gasteiger charge is -2.12. The molecule has 0 aliphatic rings. The number of carbonyl (C=O) groups is 1. The summed E-state index contributed by atoms with van der Waals surface area (Å²) in [5, 5.41) is 2.98. The summed E-state index contributed by atoms with van der Waals surface area (Å²) in [5.74, 6) is 0.750. The second kappa shape index (κ2) is 7.56. The molecule has 0 radical (unpaired) electrons. The highest BCUT2D eigenvalue weighted by atomic mass is 19.1. The van der Waals surface area contributed by atoms with E-state index in [-0.39, 0.29) is 11.7 Å². The van der Waals surface area contributed by atoms with Crippen LogP contribution in [0, 0.1) is 26.6 Å². The summed E-state index contributed by atoms with van der Waals surface area (Å²) in [6, 6.07) is 14.1. The smallest absolute Gasteiger partial charge is 0.224 e. The number of aryl methyl sites for hydroxylation is 4. The van der Waals surface area contributed by atoms with Crippen molar-refractivity contribution in [3.05, 3.63) is 76.8 Å². The Morgan fingerprint density at radius 3 is 2.42 bits per heavy atom. The quantitative estimate of drug-likeness (QED) is 0.652. The van der Waals surface area contributed by atoms with Crippen molar-refractivity contribution < 1.29 is 13.6 Å². The largest absolute Gasteiger partial charge is 0.461 e. The fraction of sp³-hybridized carbons (Fsp3) is 0.227. The molecular formula is C22H22FNO2. The molecule has 1 aromatic heterocycles. The molecule has 134 valence electrons. The number of amides is 1. The molecule has 0 fully saturated rings. The number of carbonyl (C=O) groups excluding carboxylic acids is 1. The standard InChI is InChI=1S/C22H22FNO2/c1-14-12-15(2)22(16(3)13-14)24-21(25)11-9-17-8-10-20(26-17)18-6-4-5-7-19(18)23/h4-8,10,12-13H,9,11H2,1-3H3,(H,24,25). The molecule has 0 aliphatic carbocycles. The Hall–Kier alpha value is -2.88. The third-order valence-electron chi connectivity index (χ3n) is 4.34.